The molecule has 0 radical (unpaired) electrons. The van der Waals surface area contributed by atoms with Crippen LogP contribution in [0.2, 0.25) is 0 Å². The van der Waals surface area contributed by atoms with E-state index in [-0.39, 0.29) is 18.4 Å². The molecule has 0 spiro atoms. The fourth-order valence-electron chi connectivity index (χ4n) is 2.69. The molecule has 0 aromatic heterocycles. The summed E-state index contributed by atoms with van der Waals surface area (Å²) in [5, 5.41) is 0. The molecule has 1 aliphatic rings. The lowest BCUT2D eigenvalue weighted by Crippen LogP contribution is -2.34. The zero-order valence-electron chi connectivity index (χ0n) is 14.2. The zero-order valence-corrected chi connectivity index (χ0v) is 15.0. The van der Waals surface area contributed by atoms with Gasteiger partial charge in [0.25, 0.3) is 0 Å². The van der Waals surface area contributed by atoms with Gasteiger partial charge in [-0.2, -0.15) is 4.31 Å². The molecule has 1 fully saturated rings. The Labute approximate surface area is 153 Å². The highest BCUT2D eigenvalue weighted by atomic mass is 32.2. The number of rotatable bonds is 6. The molecule has 2 aromatic rings. The number of hydrogen-bond acceptors (Lipinski definition) is 3. The second kappa shape index (κ2) is 7.05. The van der Waals surface area contributed by atoms with Crippen LogP contribution in [0.4, 0.5) is 17.6 Å². The third-order valence-electron chi connectivity index (χ3n) is 4.29. The van der Waals surface area contributed by atoms with Gasteiger partial charge in [0, 0.05) is 24.2 Å². The number of Topliss-reactive ketones (excluding diaryl/α,β-unsaturated/α-hetero) is 1. The van der Waals surface area contributed by atoms with Crippen LogP contribution in [0.5, 0.6) is 0 Å². The third-order valence-corrected chi connectivity index (χ3v) is 6.21. The van der Waals surface area contributed by atoms with Crippen LogP contribution in [0.3, 0.4) is 0 Å². The van der Waals surface area contributed by atoms with E-state index < -0.39 is 44.2 Å². The second-order valence-electron chi connectivity index (χ2n) is 6.33. The van der Waals surface area contributed by atoms with Crippen LogP contribution in [-0.2, 0) is 16.6 Å². The van der Waals surface area contributed by atoms with E-state index in [1.54, 1.807) is 0 Å². The van der Waals surface area contributed by atoms with E-state index in [1.165, 1.54) is 31.2 Å². The molecular weight excluding hydrogens is 386 g/mol. The highest BCUT2D eigenvalue weighted by Crippen LogP contribution is 2.36. The first-order valence-corrected chi connectivity index (χ1v) is 9.51. The van der Waals surface area contributed by atoms with Gasteiger partial charge in [0.1, 0.15) is 0 Å². The molecule has 3 rings (SSSR count). The van der Waals surface area contributed by atoms with Gasteiger partial charge in [0.05, 0.1) is 0 Å². The van der Waals surface area contributed by atoms with Crippen LogP contribution >= 0.6 is 0 Å². The van der Waals surface area contributed by atoms with Gasteiger partial charge in [-0.05, 0) is 25.3 Å². The van der Waals surface area contributed by atoms with Crippen molar-refractivity contribution in [2.45, 2.75) is 37.2 Å². The average Bonchev–Trinajstić information content (AvgIpc) is 3.43. The zero-order chi connectivity index (χ0) is 19.9. The number of ketones is 1. The lowest BCUT2D eigenvalue weighted by atomic mass is 10.1. The number of hydrogen-bond donors (Lipinski definition) is 0. The number of halogens is 4. The minimum atomic E-state index is -4.83. The molecule has 0 saturated heterocycles. The molecular formula is C18H15F4NO3S. The smallest absolute Gasteiger partial charge is 0.249 e. The van der Waals surface area contributed by atoms with Crippen LogP contribution in [0, 0.1) is 23.3 Å². The Kier molecular flexibility index (Phi) is 5.09. The summed E-state index contributed by atoms with van der Waals surface area (Å²) in [6.45, 7) is 1.13. The highest BCUT2D eigenvalue weighted by molar-refractivity contribution is 7.89. The Balaban J connectivity index is 2.01. The maximum atomic E-state index is 14.0. The summed E-state index contributed by atoms with van der Waals surface area (Å²) < 4.78 is 81.5. The molecule has 0 heterocycles. The third kappa shape index (κ3) is 3.74. The van der Waals surface area contributed by atoms with Gasteiger partial charge in [-0.15, -0.1) is 0 Å². The molecule has 144 valence electrons. The standard InChI is InChI=1S/C18H15F4NO3S/c1-10(24)12-4-2-11(3-5-12)9-23(13-6-7-13)27(25,26)18-16(21)14(19)8-15(20)17(18)22/h2-5,8,13H,6-7,9H2,1H3. The van der Waals surface area contributed by atoms with Crippen molar-refractivity contribution in [3.05, 3.63) is 64.7 Å². The van der Waals surface area contributed by atoms with Gasteiger partial charge in [-0.25, -0.2) is 26.0 Å². The Hall–Kier alpha value is -2.26. The van der Waals surface area contributed by atoms with Crippen LogP contribution < -0.4 is 0 Å². The molecule has 1 saturated carbocycles. The lowest BCUT2D eigenvalue weighted by molar-refractivity contribution is 0.101. The van der Waals surface area contributed by atoms with E-state index in [0.29, 0.717) is 24.0 Å². The van der Waals surface area contributed by atoms with Crippen molar-refractivity contribution < 1.29 is 30.8 Å². The number of sulfonamides is 1. The van der Waals surface area contributed by atoms with Gasteiger partial charge >= 0.3 is 0 Å². The molecule has 4 nitrogen and oxygen atoms in total. The Bertz CT molecular complexity index is 976. The van der Waals surface area contributed by atoms with Crippen LogP contribution in [-0.4, -0.2) is 24.5 Å². The minimum absolute atomic E-state index is 0.0361. The number of nitrogens with zero attached hydrogens (tertiary/aromatic N) is 1. The van der Waals surface area contributed by atoms with Crippen LogP contribution in [0.25, 0.3) is 0 Å². The average molecular weight is 401 g/mol. The maximum absolute atomic E-state index is 14.0. The van der Waals surface area contributed by atoms with Crippen molar-refractivity contribution in [1.29, 1.82) is 0 Å². The SMILES string of the molecule is CC(=O)c1ccc(CN(C2CC2)S(=O)(=O)c2c(F)c(F)cc(F)c2F)cc1. The fraction of sp³-hybridized carbons (Fsp3) is 0.278. The summed E-state index contributed by atoms with van der Waals surface area (Å²) in [6.07, 6.45) is 0.928. The first-order valence-electron chi connectivity index (χ1n) is 8.07. The monoisotopic (exact) mass is 401 g/mol. The fourth-order valence-corrected chi connectivity index (χ4v) is 4.50. The highest BCUT2D eigenvalue weighted by Gasteiger charge is 2.42. The Morgan fingerprint density at radius 3 is 2.00 bits per heavy atom. The molecule has 27 heavy (non-hydrogen) atoms. The van der Waals surface area contributed by atoms with Crippen LogP contribution in [0.1, 0.15) is 35.7 Å². The van der Waals surface area contributed by atoms with E-state index in [9.17, 15) is 30.8 Å². The molecule has 1 aliphatic carbocycles. The second-order valence-corrected chi connectivity index (χ2v) is 8.16. The van der Waals surface area contributed by atoms with Crippen molar-refractivity contribution in [2.24, 2.45) is 0 Å². The van der Waals surface area contributed by atoms with Crippen molar-refractivity contribution >= 4 is 15.8 Å². The molecule has 0 atom stereocenters. The molecule has 0 aliphatic heterocycles. The summed E-state index contributed by atoms with van der Waals surface area (Å²) in [4.78, 5) is 9.69. The Morgan fingerprint density at radius 2 is 1.56 bits per heavy atom. The summed E-state index contributed by atoms with van der Waals surface area (Å²) in [5.41, 5.74) is 0.886. The summed E-state index contributed by atoms with van der Waals surface area (Å²) in [6, 6.07) is 5.47. The first-order chi connectivity index (χ1) is 12.6. The summed E-state index contributed by atoms with van der Waals surface area (Å²) in [5.74, 6) is -7.64. The minimum Gasteiger partial charge on any atom is -0.295 e. The van der Waals surface area contributed by atoms with E-state index in [1.807, 2.05) is 0 Å². The largest absolute Gasteiger partial charge is 0.295 e. The predicted octanol–water partition coefficient (Wildman–Crippen LogP) is 3.80. The van der Waals surface area contributed by atoms with Crippen LogP contribution in [0.15, 0.2) is 35.2 Å². The maximum Gasteiger partial charge on any atom is 0.249 e. The molecule has 9 heteroatoms. The number of carbonyl (C=O) groups is 1. The van der Waals surface area contributed by atoms with Crippen molar-refractivity contribution in [2.75, 3.05) is 0 Å². The van der Waals surface area contributed by atoms with Gasteiger partial charge in [0.15, 0.2) is 33.9 Å². The molecule has 0 amide bonds. The van der Waals surface area contributed by atoms with Gasteiger partial charge in [-0.3, -0.25) is 4.79 Å². The van der Waals surface area contributed by atoms with Crippen molar-refractivity contribution in [3.63, 3.8) is 0 Å². The lowest BCUT2D eigenvalue weighted by Gasteiger charge is -2.23. The van der Waals surface area contributed by atoms with Crippen molar-refractivity contribution in [1.82, 2.24) is 4.31 Å². The van der Waals surface area contributed by atoms with E-state index in [0.717, 1.165) is 4.31 Å². The van der Waals surface area contributed by atoms with Crippen molar-refractivity contribution in [3.8, 4) is 0 Å². The summed E-state index contributed by atoms with van der Waals surface area (Å²) >= 11 is 0. The molecule has 0 unspecified atom stereocenters. The molecule has 2 aromatic carbocycles. The van der Waals surface area contributed by atoms with Gasteiger partial charge in [-0.1, -0.05) is 24.3 Å². The van der Waals surface area contributed by atoms with Gasteiger partial charge in [0.2, 0.25) is 10.0 Å². The number of benzene rings is 2. The molecule has 0 N–H and O–H groups in total. The van der Waals surface area contributed by atoms with E-state index >= 15 is 0 Å². The summed E-state index contributed by atoms with van der Waals surface area (Å²) in [7, 11) is -4.83. The van der Waals surface area contributed by atoms with E-state index in [2.05, 4.69) is 0 Å². The Morgan fingerprint density at radius 1 is 1.04 bits per heavy atom. The normalized spacial score (nSPS) is 14.6. The predicted molar refractivity (Wildman–Crippen MR) is 88.5 cm³/mol. The van der Waals surface area contributed by atoms with Gasteiger partial charge < -0.3 is 0 Å². The molecule has 0 bridgehead atoms. The number of carbonyl (C=O) groups excluding carboxylic acids is 1. The van der Waals surface area contributed by atoms with E-state index in [4.69, 9.17) is 0 Å². The quantitative estimate of drug-likeness (QED) is 0.420. The topological polar surface area (TPSA) is 54.5 Å². The first kappa shape index (κ1) is 19.5.